The van der Waals surface area contributed by atoms with Gasteiger partial charge in [-0.25, -0.2) is 8.42 Å². The second-order valence-electron chi connectivity index (χ2n) is 14.3. The minimum Gasteiger partial charge on any atom is -0.748 e. The fourth-order valence-corrected chi connectivity index (χ4v) is 10.3. The summed E-state index contributed by atoms with van der Waals surface area (Å²) in [5.41, 5.74) is -0.508. The Morgan fingerprint density at radius 2 is 1.55 bits per heavy atom. The van der Waals surface area contributed by atoms with E-state index in [1.807, 2.05) is 0 Å². The zero-order valence-electron chi connectivity index (χ0n) is 26.9. The van der Waals surface area contributed by atoms with Crippen LogP contribution in [-0.4, -0.2) is 67.5 Å². The summed E-state index contributed by atoms with van der Waals surface area (Å²) in [6.07, 6.45) is 5.23. The zero-order chi connectivity index (χ0) is 32.6. The standard InChI is InChI=1S/C32H50O11S/c1-18(7-10-29(36)40-13-14-44(37,38)39)24-8-9-25-30-26(17-28(32(24,25)6)43-21(4)35)31(5)12-11-23(41-19(2)33)15-22(31)16-27(30)42-20(3)34/h18,22-28,30H,7-17H2,1-6H3,(H,37,38,39)/p-1/t18-,22?,23?,24-,25+,26+,27?,28?,30+,31+,32?/m1/s1. The number of hydrogen-bond donors (Lipinski definition) is 0. The molecule has 0 amide bonds. The van der Waals surface area contributed by atoms with Crippen LogP contribution in [0.4, 0.5) is 0 Å². The van der Waals surface area contributed by atoms with Gasteiger partial charge in [0.2, 0.25) is 0 Å². The second-order valence-corrected chi connectivity index (χ2v) is 15.8. The third-order valence-corrected chi connectivity index (χ3v) is 12.5. The van der Waals surface area contributed by atoms with Gasteiger partial charge >= 0.3 is 23.9 Å². The van der Waals surface area contributed by atoms with Gasteiger partial charge in [0.1, 0.15) is 24.9 Å². The molecular formula is C32H49O11S-. The third kappa shape index (κ3) is 7.26. The van der Waals surface area contributed by atoms with Crippen molar-refractivity contribution in [2.24, 2.45) is 46.3 Å². The van der Waals surface area contributed by atoms with Gasteiger partial charge in [0, 0.05) is 38.5 Å². The Bertz CT molecular complexity index is 1220. The van der Waals surface area contributed by atoms with E-state index in [0.29, 0.717) is 25.7 Å². The largest absolute Gasteiger partial charge is 0.748 e. The van der Waals surface area contributed by atoms with Gasteiger partial charge in [-0.1, -0.05) is 20.8 Å². The fourth-order valence-electron chi connectivity index (χ4n) is 9.99. The van der Waals surface area contributed by atoms with Gasteiger partial charge in [-0.3, -0.25) is 19.2 Å². The first-order valence-electron chi connectivity index (χ1n) is 16.1. The molecule has 0 aromatic heterocycles. The number of carbonyl (C=O) groups excluding carboxylic acids is 4. The van der Waals surface area contributed by atoms with Crippen molar-refractivity contribution in [2.45, 2.75) is 118 Å². The lowest BCUT2D eigenvalue weighted by Gasteiger charge is -2.64. The molecule has 0 bridgehead atoms. The summed E-state index contributed by atoms with van der Waals surface area (Å²) in [7, 11) is -4.46. The van der Waals surface area contributed by atoms with Crippen molar-refractivity contribution in [3.8, 4) is 0 Å². The van der Waals surface area contributed by atoms with Crippen LogP contribution in [0.2, 0.25) is 0 Å². The first-order chi connectivity index (χ1) is 20.5. The summed E-state index contributed by atoms with van der Waals surface area (Å²) in [6, 6.07) is 0. The number of fused-ring (bicyclic) bond motifs is 5. The molecule has 0 N–H and O–H groups in total. The van der Waals surface area contributed by atoms with Crippen LogP contribution in [0.15, 0.2) is 0 Å². The lowest BCUT2D eigenvalue weighted by molar-refractivity contribution is -0.224. The SMILES string of the molecule is CC(=O)OC1CC[C@@]2(C)C(C1)CC(OC(C)=O)[C@H]1[C@@H]3CC[C@H]([C@H](C)CCC(=O)OCCS(=O)(=O)[O-])C3(C)C(OC(C)=O)C[C@@H]12. The number of carbonyl (C=O) groups is 4. The van der Waals surface area contributed by atoms with E-state index < -0.39 is 33.9 Å². The molecule has 4 aliphatic rings. The molecule has 11 nitrogen and oxygen atoms in total. The number of ether oxygens (including phenoxy) is 4. The monoisotopic (exact) mass is 641 g/mol. The summed E-state index contributed by atoms with van der Waals surface area (Å²) in [4.78, 5) is 49.0. The summed E-state index contributed by atoms with van der Waals surface area (Å²) in [5, 5.41) is 0. The Hall–Kier alpha value is -2.21. The molecule has 0 saturated heterocycles. The molecule has 4 fully saturated rings. The first kappa shape index (κ1) is 34.7. The molecular weight excluding hydrogens is 592 g/mol. The molecule has 0 spiro atoms. The Morgan fingerprint density at radius 1 is 0.886 bits per heavy atom. The normalized spacial score (nSPS) is 38.7. The van der Waals surface area contributed by atoms with Crippen LogP contribution < -0.4 is 0 Å². The highest BCUT2D eigenvalue weighted by molar-refractivity contribution is 7.85. The van der Waals surface area contributed by atoms with E-state index in [-0.39, 0.29) is 83.6 Å². The fraction of sp³-hybridized carbons (Fsp3) is 0.875. The van der Waals surface area contributed by atoms with Gasteiger partial charge < -0.3 is 23.5 Å². The van der Waals surface area contributed by atoms with Gasteiger partial charge in [0.15, 0.2) is 0 Å². The van der Waals surface area contributed by atoms with E-state index >= 15 is 0 Å². The lowest BCUT2D eigenvalue weighted by Crippen LogP contribution is -2.63. The van der Waals surface area contributed by atoms with E-state index in [9.17, 15) is 32.1 Å². The zero-order valence-corrected chi connectivity index (χ0v) is 27.7. The highest BCUT2D eigenvalue weighted by Gasteiger charge is 2.67. The van der Waals surface area contributed by atoms with Crippen LogP contribution in [0.5, 0.6) is 0 Å². The van der Waals surface area contributed by atoms with E-state index in [1.165, 1.54) is 20.8 Å². The maximum absolute atomic E-state index is 12.5. The maximum Gasteiger partial charge on any atom is 0.305 e. The predicted octanol–water partition coefficient (Wildman–Crippen LogP) is 4.16. The van der Waals surface area contributed by atoms with Gasteiger partial charge in [-0.05, 0) is 86.4 Å². The van der Waals surface area contributed by atoms with E-state index in [2.05, 4.69) is 20.8 Å². The van der Waals surface area contributed by atoms with E-state index in [0.717, 1.165) is 25.7 Å². The molecule has 4 saturated carbocycles. The molecule has 12 heteroatoms. The molecule has 0 heterocycles. The summed E-state index contributed by atoms with van der Waals surface area (Å²) in [6.45, 7) is 10.5. The molecule has 0 radical (unpaired) electrons. The number of rotatable bonds is 10. The minimum absolute atomic E-state index is 0.0636. The topological polar surface area (TPSA) is 162 Å². The van der Waals surface area contributed by atoms with Crippen molar-refractivity contribution in [1.82, 2.24) is 0 Å². The molecule has 0 aliphatic heterocycles. The third-order valence-electron chi connectivity index (χ3n) is 11.8. The van der Waals surface area contributed by atoms with Crippen molar-refractivity contribution in [1.29, 1.82) is 0 Å². The number of esters is 4. The van der Waals surface area contributed by atoms with Crippen molar-refractivity contribution in [3.05, 3.63) is 0 Å². The lowest BCUT2D eigenvalue weighted by atomic mass is 9.43. The van der Waals surface area contributed by atoms with Gasteiger partial charge in [0.05, 0.1) is 15.9 Å². The van der Waals surface area contributed by atoms with E-state index in [4.69, 9.17) is 18.9 Å². The Morgan fingerprint density at radius 3 is 2.16 bits per heavy atom. The smallest absolute Gasteiger partial charge is 0.305 e. The molecule has 44 heavy (non-hydrogen) atoms. The molecule has 4 rings (SSSR count). The molecule has 0 aromatic carbocycles. The van der Waals surface area contributed by atoms with Crippen LogP contribution in [0.1, 0.15) is 99.3 Å². The molecule has 11 atom stereocenters. The average Bonchev–Trinajstić information content (AvgIpc) is 3.25. The van der Waals surface area contributed by atoms with Crippen molar-refractivity contribution >= 4 is 34.0 Å². The van der Waals surface area contributed by atoms with Crippen molar-refractivity contribution < 1.29 is 51.1 Å². The van der Waals surface area contributed by atoms with E-state index in [1.54, 1.807) is 0 Å². The van der Waals surface area contributed by atoms with Crippen LogP contribution >= 0.6 is 0 Å². The average molecular weight is 642 g/mol. The molecule has 5 unspecified atom stereocenters. The van der Waals surface area contributed by atoms with Crippen LogP contribution in [0, 0.1) is 46.3 Å². The Labute approximate surface area is 261 Å². The molecule has 0 aromatic rings. The Balaban J connectivity index is 1.59. The summed E-state index contributed by atoms with van der Waals surface area (Å²) in [5.74, 6) is -1.52. The van der Waals surface area contributed by atoms with Gasteiger partial charge in [-0.15, -0.1) is 0 Å². The quantitative estimate of drug-likeness (QED) is 0.191. The number of hydrogen-bond acceptors (Lipinski definition) is 11. The molecule has 4 aliphatic carbocycles. The first-order valence-corrected chi connectivity index (χ1v) is 17.6. The van der Waals surface area contributed by atoms with Crippen LogP contribution in [0.25, 0.3) is 0 Å². The summed E-state index contributed by atoms with van der Waals surface area (Å²) < 4.78 is 55.4. The van der Waals surface area contributed by atoms with Crippen molar-refractivity contribution in [2.75, 3.05) is 12.4 Å². The highest BCUT2D eigenvalue weighted by atomic mass is 32.2. The summed E-state index contributed by atoms with van der Waals surface area (Å²) >= 11 is 0. The maximum atomic E-state index is 12.5. The van der Waals surface area contributed by atoms with Crippen molar-refractivity contribution in [3.63, 3.8) is 0 Å². The van der Waals surface area contributed by atoms with Gasteiger partial charge in [-0.2, -0.15) is 0 Å². The predicted molar refractivity (Wildman–Crippen MR) is 157 cm³/mol. The Kier molecular flexibility index (Phi) is 10.4. The van der Waals surface area contributed by atoms with Crippen LogP contribution in [-0.2, 0) is 48.2 Å². The highest BCUT2D eigenvalue weighted by Crippen LogP contribution is 2.69. The van der Waals surface area contributed by atoms with Gasteiger partial charge in [0.25, 0.3) is 0 Å². The second kappa shape index (κ2) is 13.3. The van der Waals surface area contributed by atoms with Crippen LogP contribution in [0.3, 0.4) is 0 Å². The molecule has 250 valence electrons. The minimum atomic E-state index is -4.46.